The maximum atomic E-state index is 14.0. The van der Waals surface area contributed by atoms with Crippen molar-refractivity contribution in [3.05, 3.63) is 23.2 Å². The summed E-state index contributed by atoms with van der Waals surface area (Å²) in [5.74, 6) is -4.44. The second kappa shape index (κ2) is 9.35. The first kappa shape index (κ1) is 23.5. The molecule has 12 heteroatoms. The van der Waals surface area contributed by atoms with Gasteiger partial charge in [-0.25, -0.2) is 13.8 Å². The highest BCUT2D eigenvalue weighted by atomic mass is 35.5. The summed E-state index contributed by atoms with van der Waals surface area (Å²) in [6, 6.07) is 2.25. The van der Waals surface area contributed by atoms with Crippen LogP contribution in [0.15, 0.2) is 28.2 Å². The van der Waals surface area contributed by atoms with Crippen LogP contribution in [0.1, 0.15) is 19.3 Å². The quantitative estimate of drug-likeness (QED) is 0.402. The second-order valence-corrected chi connectivity index (χ2v) is 7.23. The predicted octanol–water partition coefficient (Wildman–Crippen LogP) is 1.65. The van der Waals surface area contributed by atoms with E-state index >= 15 is 0 Å². The van der Waals surface area contributed by atoms with E-state index in [2.05, 4.69) is 9.98 Å². The Morgan fingerprint density at radius 1 is 1.40 bits per heavy atom. The van der Waals surface area contributed by atoms with Crippen molar-refractivity contribution >= 4 is 40.7 Å². The summed E-state index contributed by atoms with van der Waals surface area (Å²) in [6.45, 7) is 0. The molecule has 0 radical (unpaired) electrons. The van der Waals surface area contributed by atoms with Crippen LogP contribution >= 0.6 is 11.6 Å². The maximum absolute atomic E-state index is 14.0. The van der Waals surface area contributed by atoms with Crippen LogP contribution < -0.4 is 21.9 Å². The molecule has 0 saturated heterocycles. The van der Waals surface area contributed by atoms with Crippen LogP contribution in [0.2, 0.25) is 5.02 Å². The van der Waals surface area contributed by atoms with Crippen LogP contribution in [-0.4, -0.2) is 60.5 Å². The highest BCUT2D eigenvalue weighted by Crippen LogP contribution is 2.34. The molecule has 1 saturated carbocycles. The third-order valence-corrected chi connectivity index (χ3v) is 5.14. The molecule has 2 atom stereocenters. The number of likely N-dealkylation sites (N-methyl/N-ethyl adjacent to an activating group) is 1. The van der Waals surface area contributed by atoms with Gasteiger partial charge in [-0.15, -0.1) is 0 Å². The van der Waals surface area contributed by atoms with Gasteiger partial charge in [0, 0.05) is 19.5 Å². The molecule has 30 heavy (non-hydrogen) atoms. The molecule has 0 unspecified atom stereocenters. The highest BCUT2D eigenvalue weighted by molar-refractivity contribution is 6.66. The average Bonchev–Trinajstić information content (AvgIpc) is 2.69. The number of hydrogen-bond acceptors (Lipinski definition) is 5. The molecule has 7 N–H and O–H groups in total. The summed E-state index contributed by atoms with van der Waals surface area (Å²) in [5.41, 5.74) is 16.4. The highest BCUT2D eigenvalue weighted by Gasteiger charge is 2.46. The maximum Gasteiger partial charge on any atom is 0.270 e. The lowest BCUT2D eigenvalue weighted by Crippen LogP contribution is -2.60. The van der Waals surface area contributed by atoms with E-state index in [1.807, 2.05) is 0 Å². The Bertz CT molecular complexity index is 891. The zero-order chi connectivity index (χ0) is 22.6. The normalized spacial score (nSPS) is 21.8. The van der Waals surface area contributed by atoms with Crippen molar-refractivity contribution < 1.29 is 18.3 Å². The molecule has 1 amide bonds. The smallest absolute Gasteiger partial charge is 0.270 e. The number of ether oxygens (including phenoxy) is 1. The first-order chi connectivity index (χ1) is 14.0. The fourth-order valence-corrected chi connectivity index (χ4v) is 3.25. The third kappa shape index (κ3) is 5.22. The molecule has 1 fully saturated rings. The van der Waals surface area contributed by atoms with E-state index < -0.39 is 35.5 Å². The Morgan fingerprint density at radius 3 is 2.67 bits per heavy atom. The van der Waals surface area contributed by atoms with Crippen LogP contribution in [0.3, 0.4) is 0 Å². The van der Waals surface area contributed by atoms with Crippen molar-refractivity contribution in [3.8, 4) is 5.75 Å². The number of carbonyl (C=O) groups excluding carboxylic acids is 1. The Balaban J connectivity index is 2.41. The van der Waals surface area contributed by atoms with Gasteiger partial charge in [0.05, 0.1) is 29.9 Å². The summed E-state index contributed by atoms with van der Waals surface area (Å²) in [4.78, 5) is 20.9. The SMILES string of the molecule is COc1cc(N=C(N=C(N)N(C)[C@@H]2CCCC(F)(F)[C@@H]2N)C(=N)C(N)=O)ccc1Cl. The number of hydrogen-bond donors (Lipinski definition) is 4. The topological polar surface area (TPSA) is 156 Å². The second-order valence-electron chi connectivity index (χ2n) is 6.82. The van der Waals surface area contributed by atoms with Gasteiger partial charge in [0.1, 0.15) is 5.75 Å². The fraction of sp³-hybridized carbons (Fsp3) is 0.444. The average molecular weight is 444 g/mol. The van der Waals surface area contributed by atoms with Crippen LogP contribution in [0.4, 0.5) is 14.5 Å². The van der Waals surface area contributed by atoms with Gasteiger partial charge in [0.25, 0.3) is 11.8 Å². The number of carbonyl (C=O) groups is 1. The number of nitrogens with one attached hydrogen (secondary N) is 1. The standard InChI is InChI=1S/C18H24ClF2N7O2/c1-28(11-4-3-7-18(20,21)14(11)23)17(25)27-16(13(22)15(24)29)26-9-5-6-10(19)12(8-9)30-2/h5-6,8,11,14,22H,3-4,7,23H2,1-2H3,(H2,24,29)(H2,25,26,27)/t11-,14-/m1/s1. The number of benzene rings is 1. The number of methoxy groups -OCH3 is 1. The molecule has 0 heterocycles. The van der Waals surface area contributed by atoms with Gasteiger partial charge < -0.3 is 26.8 Å². The van der Waals surface area contributed by atoms with Crippen molar-refractivity contribution in [1.29, 1.82) is 5.41 Å². The number of nitrogens with zero attached hydrogens (tertiary/aromatic N) is 3. The van der Waals surface area contributed by atoms with Gasteiger partial charge in [-0.05, 0) is 25.0 Å². The Morgan fingerprint density at radius 2 is 2.07 bits per heavy atom. The summed E-state index contributed by atoms with van der Waals surface area (Å²) in [5, 5.41) is 8.22. The molecule has 9 nitrogen and oxygen atoms in total. The monoisotopic (exact) mass is 443 g/mol. The van der Waals surface area contributed by atoms with Crippen molar-refractivity contribution in [2.45, 2.75) is 37.3 Å². The minimum Gasteiger partial charge on any atom is -0.495 e. The molecular formula is C18H24ClF2N7O2. The van der Waals surface area contributed by atoms with E-state index in [4.69, 9.17) is 38.9 Å². The van der Waals surface area contributed by atoms with Gasteiger partial charge in [-0.3, -0.25) is 10.2 Å². The van der Waals surface area contributed by atoms with E-state index in [-0.39, 0.29) is 24.5 Å². The van der Waals surface area contributed by atoms with Crippen LogP contribution in [0, 0.1) is 5.41 Å². The van der Waals surface area contributed by atoms with Gasteiger partial charge in [-0.1, -0.05) is 11.6 Å². The number of aliphatic imine (C=N–C) groups is 2. The molecule has 1 aromatic rings. The molecule has 0 aliphatic heterocycles. The van der Waals surface area contributed by atoms with Gasteiger partial charge >= 0.3 is 0 Å². The van der Waals surface area contributed by atoms with Gasteiger partial charge in [-0.2, -0.15) is 4.99 Å². The lowest BCUT2D eigenvalue weighted by molar-refractivity contribution is -0.111. The molecule has 164 valence electrons. The summed E-state index contributed by atoms with van der Waals surface area (Å²) < 4.78 is 33.1. The van der Waals surface area contributed by atoms with E-state index in [0.29, 0.717) is 17.2 Å². The number of amides is 1. The zero-order valence-electron chi connectivity index (χ0n) is 16.5. The van der Waals surface area contributed by atoms with Crippen LogP contribution in [0.5, 0.6) is 5.75 Å². The van der Waals surface area contributed by atoms with Crippen molar-refractivity contribution in [1.82, 2.24) is 4.90 Å². The van der Waals surface area contributed by atoms with Crippen LogP contribution in [-0.2, 0) is 4.79 Å². The lowest BCUT2D eigenvalue weighted by atomic mass is 9.87. The molecule has 1 aliphatic rings. The fourth-order valence-electron chi connectivity index (χ4n) is 3.05. The lowest BCUT2D eigenvalue weighted by Gasteiger charge is -2.40. The molecular weight excluding hydrogens is 420 g/mol. The van der Waals surface area contributed by atoms with Crippen molar-refractivity contribution in [2.75, 3.05) is 14.2 Å². The largest absolute Gasteiger partial charge is 0.495 e. The number of primary amides is 1. The molecule has 1 aliphatic carbocycles. The molecule has 1 aromatic carbocycles. The Hall–Kier alpha value is -2.79. The van der Waals surface area contributed by atoms with Gasteiger partial charge in [0.15, 0.2) is 17.5 Å². The number of halogens is 3. The number of nitrogens with two attached hydrogens (primary N) is 3. The third-order valence-electron chi connectivity index (χ3n) is 4.83. The van der Waals surface area contributed by atoms with Crippen LogP contribution in [0.25, 0.3) is 0 Å². The van der Waals surface area contributed by atoms with E-state index in [0.717, 1.165) is 0 Å². The molecule has 0 aromatic heterocycles. The minimum atomic E-state index is -3.03. The number of alkyl halides is 2. The Labute approximate surface area is 177 Å². The number of amidine groups is 1. The summed E-state index contributed by atoms with van der Waals surface area (Å²) in [7, 11) is 2.87. The first-order valence-electron chi connectivity index (χ1n) is 8.99. The molecule has 0 bridgehead atoms. The summed E-state index contributed by atoms with van der Waals surface area (Å²) in [6.07, 6.45) is 0.357. The molecule has 0 spiro atoms. The van der Waals surface area contributed by atoms with Gasteiger partial charge in [0.2, 0.25) is 0 Å². The first-order valence-corrected chi connectivity index (χ1v) is 9.37. The van der Waals surface area contributed by atoms with E-state index in [1.165, 1.54) is 37.3 Å². The Kier molecular flexibility index (Phi) is 7.32. The van der Waals surface area contributed by atoms with Crippen molar-refractivity contribution in [2.24, 2.45) is 27.2 Å². The van der Waals surface area contributed by atoms with E-state index in [1.54, 1.807) is 0 Å². The molecule has 2 rings (SSSR count). The zero-order valence-corrected chi connectivity index (χ0v) is 17.3. The number of rotatable bonds is 5. The number of guanidine groups is 1. The summed E-state index contributed by atoms with van der Waals surface area (Å²) >= 11 is 5.98. The minimum absolute atomic E-state index is 0.237. The predicted molar refractivity (Wildman–Crippen MR) is 112 cm³/mol. The van der Waals surface area contributed by atoms with Crippen molar-refractivity contribution in [3.63, 3.8) is 0 Å². The van der Waals surface area contributed by atoms with E-state index in [9.17, 15) is 13.6 Å².